The summed E-state index contributed by atoms with van der Waals surface area (Å²) in [6.45, 7) is 0. The highest BCUT2D eigenvalue weighted by Gasteiger charge is 2.70. The molecule has 0 aromatic carbocycles. The quantitative estimate of drug-likeness (QED) is 0.776. The summed E-state index contributed by atoms with van der Waals surface area (Å²) in [7, 11) is 0. The van der Waals surface area contributed by atoms with Crippen molar-refractivity contribution in [3.63, 3.8) is 0 Å². The highest BCUT2D eigenvalue weighted by molar-refractivity contribution is 5.12. The molecule has 0 bridgehead atoms. The molecule has 0 unspecified atom stereocenters. The monoisotopic (exact) mass is 243 g/mol. The Morgan fingerprint density at radius 3 is 1.88 bits per heavy atom. The van der Waals surface area contributed by atoms with Gasteiger partial charge in [-0.25, -0.2) is 8.78 Å². The Bertz CT molecular complexity index is 276. The van der Waals surface area contributed by atoms with Crippen molar-refractivity contribution in [2.24, 2.45) is 5.41 Å². The molecule has 98 valence electrons. The normalized spacial score (nSPS) is 41.6. The van der Waals surface area contributed by atoms with E-state index in [9.17, 15) is 8.78 Å². The molecule has 0 aromatic rings. The van der Waals surface area contributed by atoms with Gasteiger partial charge in [0.2, 0.25) is 0 Å². The van der Waals surface area contributed by atoms with Gasteiger partial charge in [-0.2, -0.15) is 0 Å². The third kappa shape index (κ3) is 2.23. The summed E-state index contributed by atoms with van der Waals surface area (Å²) >= 11 is 0. The summed E-state index contributed by atoms with van der Waals surface area (Å²) in [5.74, 6) is -2.33. The molecule has 3 saturated carbocycles. The zero-order chi connectivity index (χ0) is 11.9. The highest BCUT2D eigenvalue weighted by Crippen LogP contribution is 2.67. The zero-order valence-corrected chi connectivity index (χ0v) is 10.5. The fraction of sp³-hybridized carbons (Fsp3) is 1.00. The van der Waals surface area contributed by atoms with Crippen LogP contribution in [-0.4, -0.2) is 18.0 Å². The number of nitrogens with one attached hydrogen (secondary N) is 1. The first kappa shape index (κ1) is 11.9. The van der Waals surface area contributed by atoms with Gasteiger partial charge in [-0.3, -0.25) is 0 Å². The molecule has 0 atom stereocenters. The molecular weight excluding hydrogens is 220 g/mol. The van der Waals surface area contributed by atoms with Crippen molar-refractivity contribution in [3.8, 4) is 0 Å². The summed E-state index contributed by atoms with van der Waals surface area (Å²) in [6, 6.07) is 1.18. The lowest BCUT2D eigenvalue weighted by atomic mass is 9.82. The van der Waals surface area contributed by atoms with Crippen LogP contribution in [0.3, 0.4) is 0 Å². The summed E-state index contributed by atoms with van der Waals surface area (Å²) in [6.07, 6.45) is 10.2. The van der Waals surface area contributed by atoms with E-state index >= 15 is 0 Å². The van der Waals surface area contributed by atoms with Gasteiger partial charge in [-0.15, -0.1) is 0 Å². The molecule has 17 heavy (non-hydrogen) atoms. The van der Waals surface area contributed by atoms with Crippen LogP contribution < -0.4 is 5.32 Å². The van der Waals surface area contributed by atoms with E-state index in [-0.39, 0.29) is 6.42 Å². The number of halogens is 2. The van der Waals surface area contributed by atoms with Gasteiger partial charge in [0.05, 0.1) is 0 Å². The Morgan fingerprint density at radius 2 is 1.35 bits per heavy atom. The summed E-state index contributed by atoms with van der Waals surface area (Å²) < 4.78 is 26.5. The van der Waals surface area contributed by atoms with Crippen LogP contribution in [0.5, 0.6) is 0 Å². The third-order valence-corrected chi connectivity index (χ3v) is 5.23. The first-order valence-electron chi connectivity index (χ1n) is 7.25. The number of rotatable bonds is 2. The van der Waals surface area contributed by atoms with Crippen LogP contribution in [0.25, 0.3) is 0 Å². The second kappa shape index (κ2) is 4.18. The van der Waals surface area contributed by atoms with Crippen molar-refractivity contribution < 1.29 is 8.78 Å². The van der Waals surface area contributed by atoms with Crippen LogP contribution in [0, 0.1) is 5.41 Å². The van der Waals surface area contributed by atoms with Gasteiger partial charge in [0.25, 0.3) is 5.92 Å². The Hall–Kier alpha value is -0.180. The average molecular weight is 243 g/mol. The minimum Gasteiger partial charge on any atom is -0.311 e. The van der Waals surface area contributed by atoms with Gasteiger partial charge in [-0.05, 0) is 38.5 Å². The van der Waals surface area contributed by atoms with Crippen molar-refractivity contribution in [2.45, 2.75) is 82.2 Å². The van der Waals surface area contributed by atoms with E-state index in [0.717, 1.165) is 25.7 Å². The maximum Gasteiger partial charge on any atom is 0.254 e. The molecule has 0 aliphatic heterocycles. The third-order valence-electron chi connectivity index (χ3n) is 5.23. The lowest BCUT2D eigenvalue weighted by molar-refractivity contribution is 0.0428. The van der Waals surface area contributed by atoms with Crippen molar-refractivity contribution in [1.29, 1.82) is 0 Å². The molecule has 3 heteroatoms. The van der Waals surface area contributed by atoms with Gasteiger partial charge in [-0.1, -0.05) is 19.3 Å². The van der Waals surface area contributed by atoms with Crippen molar-refractivity contribution in [3.05, 3.63) is 0 Å². The first-order valence-corrected chi connectivity index (χ1v) is 7.25. The molecule has 3 fully saturated rings. The van der Waals surface area contributed by atoms with Gasteiger partial charge >= 0.3 is 0 Å². The predicted octanol–water partition coefficient (Wildman–Crippen LogP) is 3.88. The number of hydrogen-bond acceptors (Lipinski definition) is 1. The molecule has 1 nitrogen and oxygen atoms in total. The smallest absolute Gasteiger partial charge is 0.254 e. The molecule has 0 amide bonds. The van der Waals surface area contributed by atoms with Gasteiger partial charge in [0, 0.05) is 23.9 Å². The Balaban J connectivity index is 1.46. The SMILES string of the molecule is FC1(F)CC12CCC(NC1CCCCC1)CC2. The Kier molecular flexibility index (Phi) is 2.92. The largest absolute Gasteiger partial charge is 0.311 e. The molecule has 3 rings (SSSR count). The number of alkyl halides is 2. The minimum absolute atomic E-state index is 0.163. The van der Waals surface area contributed by atoms with Crippen molar-refractivity contribution in [2.75, 3.05) is 0 Å². The summed E-state index contributed by atoms with van der Waals surface area (Å²) in [4.78, 5) is 0. The highest BCUT2D eigenvalue weighted by atomic mass is 19.3. The number of hydrogen-bond donors (Lipinski definition) is 1. The van der Waals surface area contributed by atoms with Crippen LogP contribution in [0.4, 0.5) is 8.78 Å². The summed E-state index contributed by atoms with van der Waals surface area (Å²) in [5.41, 5.74) is -0.572. The molecule has 0 saturated heterocycles. The molecule has 0 heterocycles. The van der Waals surface area contributed by atoms with Gasteiger partial charge < -0.3 is 5.32 Å². The van der Waals surface area contributed by atoms with E-state index in [2.05, 4.69) is 5.32 Å². The van der Waals surface area contributed by atoms with E-state index in [1.807, 2.05) is 0 Å². The lowest BCUT2D eigenvalue weighted by Gasteiger charge is -2.33. The van der Waals surface area contributed by atoms with Crippen LogP contribution in [-0.2, 0) is 0 Å². The average Bonchev–Trinajstić information content (AvgIpc) is 2.85. The van der Waals surface area contributed by atoms with E-state index in [1.54, 1.807) is 0 Å². The molecule has 0 radical (unpaired) electrons. The summed E-state index contributed by atoms with van der Waals surface area (Å²) in [5, 5.41) is 3.71. The van der Waals surface area contributed by atoms with E-state index in [1.165, 1.54) is 32.1 Å². The minimum atomic E-state index is -2.33. The van der Waals surface area contributed by atoms with Crippen LogP contribution in [0.2, 0.25) is 0 Å². The standard InChI is InChI=1S/C14H23F2N/c15-14(16)10-13(14)8-6-12(7-9-13)17-11-4-2-1-3-5-11/h11-12,17H,1-10H2. The van der Waals surface area contributed by atoms with Crippen LogP contribution >= 0.6 is 0 Å². The topological polar surface area (TPSA) is 12.0 Å². The van der Waals surface area contributed by atoms with E-state index < -0.39 is 11.3 Å². The molecule has 3 aliphatic carbocycles. The maximum absolute atomic E-state index is 13.2. The Morgan fingerprint density at radius 1 is 0.824 bits per heavy atom. The van der Waals surface area contributed by atoms with Crippen LogP contribution in [0.1, 0.15) is 64.2 Å². The fourth-order valence-electron chi connectivity index (χ4n) is 3.86. The Labute approximate surface area is 102 Å². The van der Waals surface area contributed by atoms with Gasteiger partial charge in [0.1, 0.15) is 0 Å². The van der Waals surface area contributed by atoms with Crippen molar-refractivity contribution in [1.82, 2.24) is 5.32 Å². The lowest BCUT2D eigenvalue weighted by Crippen LogP contribution is -2.42. The second-order valence-electron chi connectivity index (χ2n) is 6.44. The van der Waals surface area contributed by atoms with Gasteiger partial charge in [0.15, 0.2) is 0 Å². The van der Waals surface area contributed by atoms with E-state index in [0.29, 0.717) is 12.1 Å². The van der Waals surface area contributed by atoms with Crippen LogP contribution in [0.15, 0.2) is 0 Å². The molecule has 1 N–H and O–H groups in total. The molecule has 1 spiro atoms. The van der Waals surface area contributed by atoms with Crippen molar-refractivity contribution >= 4 is 0 Å². The predicted molar refractivity (Wildman–Crippen MR) is 64.3 cm³/mol. The molecule has 3 aliphatic rings. The molecule has 0 aromatic heterocycles. The fourth-order valence-corrected chi connectivity index (χ4v) is 3.86. The molecular formula is C14H23F2N. The zero-order valence-electron chi connectivity index (χ0n) is 10.5. The first-order chi connectivity index (χ1) is 8.11. The maximum atomic E-state index is 13.2. The second-order valence-corrected chi connectivity index (χ2v) is 6.44. The van der Waals surface area contributed by atoms with E-state index in [4.69, 9.17) is 0 Å².